The van der Waals surface area contributed by atoms with Crippen molar-refractivity contribution in [3.63, 3.8) is 0 Å². The van der Waals surface area contributed by atoms with E-state index in [0.717, 1.165) is 11.3 Å². The first kappa shape index (κ1) is 10.1. The van der Waals surface area contributed by atoms with Crippen molar-refractivity contribution in [1.29, 1.82) is 0 Å². The molecule has 2 aromatic heterocycles. The summed E-state index contributed by atoms with van der Waals surface area (Å²) in [4.78, 5) is 18.8. The van der Waals surface area contributed by atoms with Gasteiger partial charge < -0.3 is 5.11 Å². The molecule has 2 aromatic rings. The van der Waals surface area contributed by atoms with Crippen LogP contribution >= 0.6 is 22.9 Å². The van der Waals surface area contributed by atoms with Crippen LogP contribution in [0.2, 0.25) is 5.02 Å². The fourth-order valence-electron chi connectivity index (χ4n) is 0.994. The van der Waals surface area contributed by atoms with Crippen LogP contribution in [0.25, 0.3) is 10.7 Å². The van der Waals surface area contributed by atoms with Gasteiger partial charge in [0.05, 0.1) is 16.9 Å². The Bertz CT molecular complexity index is 495. The number of aromatic nitrogens is 2. The number of nitrogens with zero attached hydrogens (tertiary/aromatic N) is 2. The third kappa shape index (κ3) is 2.14. The van der Waals surface area contributed by atoms with Gasteiger partial charge in [-0.05, 0) is 12.1 Å². The SMILES string of the molecule is O=C(O)c1cnc(-c2ccc(Cl)cn2)s1. The second-order valence-corrected chi connectivity index (χ2v) is 4.16. The summed E-state index contributed by atoms with van der Waals surface area (Å²) in [6, 6.07) is 3.39. The molecule has 6 heteroatoms. The van der Waals surface area contributed by atoms with E-state index in [1.807, 2.05) is 0 Å². The summed E-state index contributed by atoms with van der Waals surface area (Å²) in [6.45, 7) is 0. The zero-order valence-corrected chi connectivity index (χ0v) is 8.92. The molecule has 0 aliphatic carbocycles. The standard InChI is InChI=1S/C9H5ClN2O2S/c10-5-1-2-6(11-3-5)8-12-4-7(15-8)9(13)14/h1-4H,(H,13,14). The van der Waals surface area contributed by atoms with Crippen LogP contribution in [-0.2, 0) is 0 Å². The first-order chi connectivity index (χ1) is 7.16. The summed E-state index contributed by atoms with van der Waals surface area (Å²) >= 11 is 6.76. The number of halogens is 1. The molecule has 15 heavy (non-hydrogen) atoms. The average molecular weight is 241 g/mol. The van der Waals surface area contributed by atoms with Gasteiger partial charge in [-0.2, -0.15) is 0 Å². The molecule has 76 valence electrons. The minimum atomic E-state index is -0.979. The Morgan fingerprint density at radius 2 is 2.13 bits per heavy atom. The van der Waals surface area contributed by atoms with Gasteiger partial charge in [-0.3, -0.25) is 4.98 Å². The molecule has 0 spiro atoms. The van der Waals surface area contributed by atoms with E-state index in [1.165, 1.54) is 12.4 Å². The smallest absolute Gasteiger partial charge is 0.347 e. The fraction of sp³-hybridized carbons (Fsp3) is 0. The third-order valence-electron chi connectivity index (χ3n) is 1.66. The predicted molar refractivity (Wildman–Crippen MR) is 57.3 cm³/mol. The number of thiazole rings is 1. The molecule has 0 fully saturated rings. The van der Waals surface area contributed by atoms with E-state index in [2.05, 4.69) is 9.97 Å². The highest BCUT2D eigenvalue weighted by Crippen LogP contribution is 2.23. The van der Waals surface area contributed by atoms with Crippen molar-refractivity contribution < 1.29 is 9.90 Å². The summed E-state index contributed by atoms with van der Waals surface area (Å²) in [6.07, 6.45) is 2.82. The van der Waals surface area contributed by atoms with E-state index in [1.54, 1.807) is 12.1 Å². The summed E-state index contributed by atoms with van der Waals surface area (Å²) in [5.74, 6) is -0.979. The molecule has 0 radical (unpaired) electrons. The number of pyridine rings is 1. The van der Waals surface area contributed by atoms with Crippen molar-refractivity contribution in [1.82, 2.24) is 9.97 Å². The van der Waals surface area contributed by atoms with Crippen molar-refractivity contribution in [3.8, 4) is 10.7 Å². The second kappa shape index (κ2) is 3.96. The maximum Gasteiger partial charge on any atom is 0.347 e. The molecular weight excluding hydrogens is 236 g/mol. The van der Waals surface area contributed by atoms with Crippen molar-refractivity contribution >= 4 is 28.9 Å². The molecule has 2 heterocycles. The van der Waals surface area contributed by atoms with Crippen molar-refractivity contribution in [2.75, 3.05) is 0 Å². The molecule has 0 saturated carbocycles. The van der Waals surface area contributed by atoms with Crippen LogP contribution in [-0.4, -0.2) is 21.0 Å². The molecule has 0 unspecified atom stereocenters. The number of aromatic carboxylic acids is 1. The van der Waals surface area contributed by atoms with Gasteiger partial charge >= 0.3 is 5.97 Å². The largest absolute Gasteiger partial charge is 0.477 e. The van der Waals surface area contributed by atoms with Gasteiger partial charge in [0, 0.05) is 6.20 Å². The highest BCUT2D eigenvalue weighted by atomic mass is 35.5. The van der Waals surface area contributed by atoms with E-state index in [9.17, 15) is 4.79 Å². The molecule has 0 atom stereocenters. The van der Waals surface area contributed by atoms with Crippen LogP contribution in [0, 0.1) is 0 Å². The maximum atomic E-state index is 10.6. The minimum Gasteiger partial charge on any atom is -0.477 e. The zero-order valence-electron chi connectivity index (χ0n) is 7.35. The molecule has 0 saturated heterocycles. The van der Waals surface area contributed by atoms with Gasteiger partial charge in [-0.1, -0.05) is 11.6 Å². The summed E-state index contributed by atoms with van der Waals surface area (Å²) in [7, 11) is 0. The normalized spacial score (nSPS) is 10.2. The number of carbonyl (C=O) groups is 1. The highest BCUT2D eigenvalue weighted by molar-refractivity contribution is 7.16. The second-order valence-electron chi connectivity index (χ2n) is 2.70. The van der Waals surface area contributed by atoms with E-state index < -0.39 is 5.97 Å². The van der Waals surface area contributed by atoms with Gasteiger partial charge in [0.1, 0.15) is 9.88 Å². The van der Waals surface area contributed by atoms with E-state index in [0.29, 0.717) is 15.7 Å². The summed E-state index contributed by atoms with van der Waals surface area (Å²) in [5, 5.41) is 9.83. The molecule has 0 aliphatic rings. The highest BCUT2D eigenvalue weighted by Gasteiger charge is 2.10. The zero-order chi connectivity index (χ0) is 10.8. The van der Waals surface area contributed by atoms with Crippen molar-refractivity contribution in [2.24, 2.45) is 0 Å². The number of carboxylic acid groups (broad SMARTS) is 1. The van der Waals surface area contributed by atoms with Crippen LogP contribution in [0.1, 0.15) is 9.67 Å². The van der Waals surface area contributed by atoms with E-state index in [-0.39, 0.29) is 4.88 Å². The third-order valence-corrected chi connectivity index (χ3v) is 2.89. The van der Waals surface area contributed by atoms with E-state index in [4.69, 9.17) is 16.7 Å². The average Bonchev–Trinajstić information content (AvgIpc) is 2.68. The van der Waals surface area contributed by atoms with Crippen LogP contribution in [0.15, 0.2) is 24.5 Å². The number of hydrogen-bond donors (Lipinski definition) is 1. The Labute approximate surface area is 94.2 Å². The molecule has 2 rings (SSSR count). The van der Waals surface area contributed by atoms with Gasteiger partial charge in [0.15, 0.2) is 0 Å². The van der Waals surface area contributed by atoms with E-state index >= 15 is 0 Å². The lowest BCUT2D eigenvalue weighted by Crippen LogP contribution is -1.89. The van der Waals surface area contributed by atoms with Crippen LogP contribution in [0.4, 0.5) is 0 Å². The van der Waals surface area contributed by atoms with Gasteiger partial charge in [-0.25, -0.2) is 9.78 Å². The molecule has 0 amide bonds. The first-order valence-corrected chi connectivity index (χ1v) is 5.17. The number of rotatable bonds is 2. The van der Waals surface area contributed by atoms with Gasteiger partial charge in [0.2, 0.25) is 0 Å². The molecular formula is C9H5ClN2O2S. The Morgan fingerprint density at radius 1 is 1.33 bits per heavy atom. The van der Waals surface area contributed by atoms with Crippen LogP contribution < -0.4 is 0 Å². The number of hydrogen-bond acceptors (Lipinski definition) is 4. The topological polar surface area (TPSA) is 63.1 Å². The molecule has 1 N–H and O–H groups in total. The van der Waals surface area contributed by atoms with Crippen LogP contribution in [0.5, 0.6) is 0 Å². The van der Waals surface area contributed by atoms with Crippen molar-refractivity contribution in [3.05, 3.63) is 34.4 Å². The summed E-state index contributed by atoms with van der Waals surface area (Å²) in [5.41, 5.74) is 0.622. The maximum absolute atomic E-state index is 10.6. The van der Waals surface area contributed by atoms with Crippen molar-refractivity contribution in [2.45, 2.75) is 0 Å². The van der Waals surface area contributed by atoms with Crippen LogP contribution in [0.3, 0.4) is 0 Å². The lowest BCUT2D eigenvalue weighted by Gasteiger charge is -1.93. The molecule has 0 aromatic carbocycles. The molecule has 0 aliphatic heterocycles. The molecule has 0 bridgehead atoms. The monoisotopic (exact) mass is 240 g/mol. The summed E-state index contributed by atoms with van der Waals surface area (Å²) < 4.78 is 0. The minimum absolute atomic E-state index is 0.196. The lowest BCUT2D eigenvalue weighted by molar-refractivity contribution is 0.0702. The Balaban J connectivity index is 2.37. The first-order valence-electron chi connectivity index (χ1n) is 3.98. The molecule has 4 nitrogen and oxygen atoms in total. The predicted octanol–water partition coefficient (Wildman–Crippen LogP) is 2.56. The fourth-order valence-corrected chi connectivity index (χ4v) is 1.84. The number of carboxylic acids is 1. The van der Waals surface area contributed by atoms with Gasteiger partial charge in [-0.15, -0.1) is 11.3 Å². The van der Waals surface area contributed by atoms with Gasteiger partial charge in [0.25, 0.3) is 0 Å². The Morgan fingerprint density at radius 3 is 2.67 bits per heavy atom. The quantitative estimate of drug-likeness (QED) is 0.876. The lowest BCUT2D eigenvalue weighted by atomic mass is 10.4. The Kier molecular flexibility index (Phi) is 2.66. The Hall–Kier alpha value is -1.46.